The molecule has 0 spiro atoms. The molecule has 1 aromatic carbocycles. The van der Waals surface area contributed by atoms with Crippen molar-refractivity contribution < 1.29 is 9.18 Å². The molecule has 0 aliphatic rings. The highest BCUT2D eigenvalue weighted by Gasteiger charge is 2.18. The van der Waals surface area contributed by atoms with Gasteiger partial charge in [0, 0.05) is 40.9 Å². The van der Waals surface area contributed by atoms with Crippen molar-refractivity contribution in [3.05, 3.63) is 73.2 Å². The molecule has 5 heterocycles. The predicted octanol–water partition coefficient (Wildman–Crippen LogP) is 5.89. The molecule has 0 radical (unpaired) electrons. The summed E-state index contributed by atoms with van der Waals surface area (Å²) in [6, 6.07) is 10.3. The Balaban J connectivity index is 1.38. The van der Waals surface area contributed by atoms with Crippen LogP contribution in [0, 0.1) is 5.82 Å². The van der Waals surface area contributed by atoms with E-state index in [0.29, 0.717) is 51.5 Å². The summed E-state index contributed by atoms with van der Waals surface area (Å²) >= 11 is 0. The number of anilines is 1. The molecule has 0 atom stereocenters. The second kappa shape index (κ2) is 9.81. The molecule has 38 heavy (non-hydrogen) atoms. The number of benzene rings is 1. The Labute approximate surface area is 216 Å². The lowest BCUT2D eigenvalue weighted by molar-refractivity contribution is -0.116. The summed E-state index contributed by atoms with van der Waals surface area (Å²) in [5.74, 6) is 0.134. The number of H-pyrrole nitrogens is 2. The van der Waals surface area contributed by atoms with Crippen molar-refractivity contribution in [3.8, 4) is 33.9 Å². The third kappa shape index (κ3) is 4.36. The van der Waals surface area contributed by atoms with E-state index in [4.69, 9.17) is 4.98 Å². The Morgan fingerprint density at radius 3 is 2.74 bits per heavy atom. The molecule has 9 nitrogen and oxygen atoms in total. The first-order chi connectivity index (χ1) is 18.6. The smallest absolute Gasteiger partial charge is 0.224 e. The standard InChI is InChI=1S/C28H23FN8O/c1-2-3-8-25(38)33-17-9-16(11-30-12-17)22-10-19-23(15-32-22)36-37-27(19)28-34-24-14-31-13-20(26(24)35-28)18-6-4-5-7-21(18)29/h4-7,9-15H,2-3,8H2,1H3,(H,33,38)(H,34,35)(H,36,37). The molecule has 3 N–H and O–H groups in total. The predicted molar refractivity (Wildman–Crippen MR) is 144 cm³/mol. The van der Waals surface area contributed by atoms with Crippen molar-refractivity contribution in [2.75, 3.05) is 5.32 Å². The third-order valence-electron chi connectivity index (χ3n) is 6.30. The van der Waals surface area contributed by atoms with E-state index in [1.165, 1.54) is 6.07 Å². The number of pyridine rings is 3. The largest absolute Gasteiger partial charge is 0.335 e. The first kappa shape index (κ1) is 23.4. The van der Waals surface area contributed by atoms with E-state index in [1.807, 2.05) is 19.1 Å². The van der Waals surface area contributed by atoms with Crippen LogP contribution in [0.3, 0.4) is 0 Å². The number of hydrogen-bond donors (Lipinski definition) is 3. The Hall–Kier alpha value is -4.99. The van der Waals surface area contributed by atoms with Gasteiger partial charge in [-0.15, -0.1) is 0 Å². The number of halogens is 1. The lowest BCUT2D eigenvalue weighted by Gasteiger charge is -2.07. The van der Waals surface area contributed by atoms with Crippen molar-refractivity contribution in [3.63, 3.8) is 0 Å². The number of rotatable bonds is 7. The van der Waals surface area contributed by atoms with Gasteiger partial charge in [-0.1, -0.05) is 31.5 Å². The van der Waals surface area contributed by atoms with Crippen LogP contribution in [-0.4, -0.2) is 41.0 Å². The van der Waals surface area contributed by atoms with Crippen LogP contribution in [0.15, 0.2) is 67.4 Å². The lowest BCUT2D eigenvalue weighted by Crippen LogP contribution is -2.11. The highest BCUT2D eigenvalue weighted by atomic mass is 19.1. The summed E-state index contributed by atoms with van der Waals surface area (Å²) in [4.78, 5) is 33.3. The van der Waals surface area contributed by atoms with Crippen molar-refractivity contribution >= 4 is 33.5 Å². The first-order valence-corrected chi connectivity index (χ1v) is 12.3. The fourth-order valence-corrected chi connectivity index (χ4v) is 4.39. The molecule has 0 aliphatic heterocycles. The number of imidazole rings is 1. The summed E-state index contributed by atoms with van der Waals surface area (Å²) in [5.41, 5.74) is 5.65. The quantitative estimate of drug-likeness (QED) is 0.248. The molecule has 5 aromatic heterocycles. The second-order valence-electron chi connectivity index (χ2n) is 8.95. The minimum absolute atomic E-state index is 0.0412. The number of hydrogen-bond acceptors (Lipinski definition) is 6. The third-order valence-corrected chi connectivity index (χ3v) is 6.30. The maximum absolute atomic E-state index is 14.5. The zero-order valence-electron chi connectivity index (χ0n) is 20.5. The molecule has 10 heteroatoms. The summed E-state index contributed by atoms with van der Waals surface area (Å²) in [6.07, 6.45) is 10.5. The van der Waals surface area contributed by atoms with Gasteiger partial charge in [0.15, 0.2) is 5.82 Å². The lowest BCUT2D eigenvalue weighted by atomic mass is 10.1. The first-order valence-electron chi connectivity index (χ1n) is 12.3. The molecule has 1 amide bonds. The molecule has 6 rings (SSSR count). The van der Waals surface area contributed by atoms with Gasteiger partial charge in [0.25, 0.3) is 0 Å². The van der Waals surface area contributed by atoms with E-state index in [0.717, 1.165) is 29.3 Å². The van der Waals surface area contributed by atoms with Gasteiger partial charge in [-0.2, -0.15) is 5.10 Å². The number of aromatic nitrogens is 7. The minimum atomic E-state index is -0.343. The molecular weight excluding hydrogens is 483 g/mol. The molecule has 0 fully saturated rings. The van der Waals surface area contributed by atoms with Gasteiger partial charge >= 0.3 is 0 Å². The molecule has 0 bridgehead atoms. The van der Waals surface area contributed by atoms with E-state index < -0.39 is 0 Å². The van der Waals surface area contributed by atoms with Crippen molar-refractivity contribution in [2.24, 2.45) is 0 Å². The average molecular weight is 507 g/mol. The fraction of sp³-hybridized carbons (Fsp3) is 0.143. The molecule has 0 aliphatic carbocycles. The molecule has 188 valence electrons. The zero-order valence-corrected chi connectivity index (χ0v) is 20.5. The SMILES string of the molecule is CCCCC(=O)Nc1cncc(-c2cc3c(-c4nc5c(-c6ccccc6F)cncc5[nH]4)n[nH]c3cn2)c1. The van der Waals surface area contributed by atoms with E-state index >= 15 is 0 Å². The minimum Gasteiger partial charge on any atom is -0.335 e. The number of nitrogens with one attached hydrogen (secondary N) is 3. The molecular formula is C28H23FN8O. The van der Waals surface area contributed by atoms with Crippen molar-refractivity contribution in [2.45, 2.75) is 26.2 Å². The number of nitrogens with zero attached hydrogens (tertiary/aromatic N) is 5. The maximum atomic E-state index is 14.5. The normalized spacial score (nSPS) is 11.3. The Morgan fingerprint density at radius 1 is 1.00 bits per heavy atom. The van der Waals surface area contributed by atoms with Crippen molar-refractivity contribution in [1.29, 1.82) is 0 Å². The highest BCUT2D eigenvalue weighted by molar-refractivity contribution is 5.97. The van der Waals surface area contributed by atoms with Gasteiger partial charge < -0.3 is 10.3 Å². The number of amides is 1. The van der Waals surface area contributed by atoms with E-state index in [-0.39, 0.29) is 11.7 Å². The highest BCUT2D eigenvalue weighted by Crippen LogP contribution is 2.33. The average Bonchev–Trinajstić information content (AvgIpc) is 3.56. The van der Waals surface area contributed by atoms with Gasteiger partial charge in [0.2, 0.25) is 5.91 Å². The van der Waals surface area contributed by atoms with Crippen molar-refractivity contribution in [1.82, 2.24) is 35.1 Å². The number of carbonyl (C=O) groups is 1. The number of fused-ring (bicyclic) bond motifs is 2. The van der Waals surface area contributed by atoms with Gasteiger partial charge in [-0.3, -0.25) is 24.8 Å². The Kier molecular flexibility index (Phi) is 6.04. The molecule has 0 saturated heterocycles. The van der Waals surface area contributed by atoms with Crippen LogP contribution in [0.25, 0.3) is 55.8 Å². The summed E-state index contributed by atoms with van der Waals surface area (Å²) in [7, 11) is 0. The van der Waals surface area contributed by atoms with Gasteiger partial charge in [-0.05, 0) is 24.6 Å². The van der Waals surface area contributed by atoms with E-state index in [1.54, 1.807) is 49.2 Å². The number of aromatic amines is 2. The van der Waals surface area contributed by atoms with E-state index in [2.05, 4.69) is 35.5 Å². The molecule has 0 unspecified atom stereocenters. The van der Waals surface area contributed by atoms with Gasteiger partial charge in [-0.25, -0.2) is 9.37 Å². The van der Waals surface area contributed by atoms with Crippen LogP contribution in [0.4, 0.5) is 10.1 Å². The fourth-order valence-electron chi connectivity index (χ4n) is 4.39. The van der Waals surface area contributed by atoms with Gasteiger partial charge in [0.05, 0.1) is 41.0 Å². The monoisotopic (exact) mass is 506 g/mol. The van der Waals surface area contributed by atoms with Crippen LogP contribution in [0.5, 0.6) is 0 Å². The topological polar surface area (TPSA) is 125 Å². The Bertz CT molecular complexity index is 1790. The van der Waals surface area contributed by atoms with Crippen LogP contribution in [-0.2, 0) is 4.79 Å². The molecule has 0 saturated carbocycles. The van der Waals surface area contributed by atoms with Crippen LogP contribution >= 0.6 is 0 Å². The number of unbranched alkanes of at least 4 members (excludes halogenated alkanes) is 1. The second-order valence-corrected chi connectivity index (χ2v) is 8.95. The summed E-state index contributed by atoms with van der Waals surface area (Å²) < 4.78 is 14.5. The Morgan fingerprint density at radius 2 is 1.87 bits per heavy atom. The van der Waals surface area contributed by atoms with Crippen LogP contribution < -0.4 is 5.32 Å². The van der Waals surface area contributed by atoms with E-state index in [9.17, 15) is 9.18 Å². The van der Waals surface area contributed by atoms with Crippen LogP contribution in [0.2, 0.25) is 0 Å². The maximum Gasteiger partial charge on any atom is 0.224 e. The number of carbonyl (C=O) groups excluding carboxylic acids is 1. The summed E-state index contributed by atoms with van der Waals surface area (Å²) in [5, 5.41) is 11.2. The summed E-state index contributed by atoms with van der Waals surface area (Å²) in [6.45, 7) is 2.05. The zero-order chi connectivity index (χ0) is 26.1. The van der Waals surface area contributed by atoms with Gasteiger partial charge in [0.1, 0.15) is 17.0 Å². The molecule has 6 aromatic rings. The van der Waals surface area contributed by atoms with Crippen LogP contribution in [0.1, 0.15) is 26.2 Å².